The van der Waals surface area contributed by atoms with Crippen molar-refractivity contribution in [2.24, 2.45) is 0 Å². The lowest BCUT2D eigenvalue weighted by Gasteiger charge is -2.11. The van der Waals surface area contributed by atoms with Gasteiger partial charge in [-0.15, -0.1) is 11.8 Å². The van der Waals surface area contributed by atoms with Crippen molar-refractivity contribution in [3.63, 3.8) is 0 Å². The highest BCUT2D eigenvalue weighted by Gasteiger charge is 2.12. The van der Waals surface area contributed by atoms with E-state index < -0.39 is 0 Å². The summed E-state index contributed by atoms with van der Waals surface area (Å²) in [6.45, 7) is 2.56. The zero-order chi connectivity index (χ0) is 18.1. The number of halogens is 1. The fourth-order valence-corrected chi connectivity index (χ4v) is 3.04. The van der Waals surface area contributed by atoms with E-state index in [4.69, 9.17) is 0 Å². The lowest BCUT2D eigenvalue weighted by molar-refractivity contribution is -0.115. The summed E-state index contributed by atoms with van der Waals surface area (Å²) in [7, 11) is 0. The van der Waals surface area contributed by atoms with Crippen LogP contribution in [0.4, 0.5) is 10.1 Å². The second kappa shape index (κ2) is 9.84. The molecule has 2 aromatic rings. The molecule has 0 aromatic heterocycles. The highest BCUT2D eigenvalue weighted by molar-refractivity contribution is 7.99. The number of nitrogens with one attached hydrogen (secondary N) is 2. The number of para-hydroxylation sites is 1. The van der Waals surface area contributed by atoms with Crippen molar-refractivity contribution in [1.82, 2.24) is 5.32 Å². The molecule has 132 valence electrons. The van der Waals surface area contributed by atoms with E-state index in [2.05, 4.69) is 10.6 Å². The smallest absolute Gasteiger partial charge is 0.253 e. The Morgan fingerprint density at radius 1 is 1.08 bits per heavy atom. The van der Waals surface area contributed by atoms with E-state index >= 15 is 0 Å². The molecule has 6 heteroatoms. The molecule has 0 heterocycles. The van der Waals surface area contributed by atoms with Gasteiger partial charge in [0.05, 0.1) is 11.3 Å². The Morgan fingerprint density at radius 3 is 2.56 bits per heavy atom. The third-order valence-electron chi connectivity index (χ3n) is 3.40. The highest BCUT2D eigenvalue weighted by atomic mass is 32.2. The minimum Gasteiger partial charge on any atom is -0.352 e. The Kier molecular flexibility index (Phi) is 7.47. The van der Waals surface area contributed by atoms with Crippen LogP contribution >= 0.6 is 11.8 Å². The van der Waals surface area contributed by atoms with Crippen LogP contribution in [0.3, 0.4) is 0 Å². The summed E-state index contributed by atoms with van der Waals surface area (Å²) < 4.78 is 13.5. The van der Waals surface area contributed by atoms with Gasteiger partial charge in [-0.1, -0.05) is 31.2 Å². The van der Waals surface area contributed by atoms with Gasteiger partial charge in [0.25, 0.3) is 5.91 Å². The van der Waals surface area contributed by atoms with Crippen LogP contribution in [0.2, 0.25) is 0 Å². The number of carbonyl (C=O) groups is 2. The number of carbonyl (C=O) groups excluding carboxylic acids is 2. The third kappa shape index (κ3) is 5.90. The van der Waals surface area contributed by atoms with Gasteiger partial charge >= 0.3 is 0 Å². The first-order chi connectivity index (χ1) is 12.1. The van der Waals surface area contributed by atoms with Crippen molar-refractivity contribution < 1.29 is 14.0 Å². The standard InChI is InChI=1S/C19H21FN2O2S/c1-2-12-21-19(24)14-7-3-5-9-16(14)22-18(23)11-13-25-17-10-6-4-8-15(17)20/h3-10H,2,11-13H2,1H3,(H,21,24)(H,22,23). The Balaban J connectivity index is 1.90. The van der Waals surface area contributed by atoms with Crippen LogP contribution in [0, 0.1) is 5.82 Å². The molecule has 0 bridgehead atoms. The van der Waals surface area contributed by atoms with Crippen LogP contribution in [0.25, 0.3) is 0 Å². The number of hydrogen-bond donors (Lipinski definition) is 2. The number of anilines is 1. The fourth-order valence-electron chi connectivity index (χ4n) is 2.15. The van der Waals surface area contributed by atoms with Crippen LogP contribution < -0.4 is 10.6 Å². The number of rotatable bonds is 8. The Labute approximate surface area is 151 Å². The maximum atomic E-state index is 13.5. The molecule has 4 nitrogen and oxygen atoms in total. The monoisotopic (exact) mass is 360 g/mol. The van der Waals surface area contributed by atoms with Crippen molar-refractivity contribution in [1.29, 1.82) is 0 Å². The van der Waals surface area contributed by atoms with E-state index in [-0.39, 0.29) is 24.1 Å². The Morgan fingerprint density at radius 2 is 1.80 bits per heavy atom. The van der Waals surface area contributed by atoms with Crippen LogP contribution in [-0.2, 0) is 4.79 Å². The van der Waals surface area contributed by atoms with Crippen molar-refractivity contribution >= 4 is 29.3 Å². The number of thioether (sulfide) groups is 1. The maximum Gasteiger partial charge on any atom is 0.253 e. The van der Waals surface area contributed by atoms with E-state index in [9.17, 15) is 14.0 Å². The first kappa shape index (κ1) is 19.0. The maximum absolute atomic E-state index is 13.5. The Bertz CT molecular complexity index is 737. The summed E-state index contributed by atoms with van der Waals surface area (Å²) in [6, 6.07) is 13.4. The zero-order valence-electron chi connectivity index (χ0n) is 14.0. The van der Waals surface area contributed by atoms with Crippen molar-refractivity contribution in [3.05, 3.63) is 59.9 Å². The van der Waals surface area contributed by atoms with Gasteiger partial charge in [0.1, 0.15) is 5.82 Å². The molecule has 0 fully saturated rings. The molecule has 2 amide bonds. The molecule has 0 spiro atoms. The van der Waals surface area contributed by atoms with Gasteiger partial charge in [-0.2, -0.15) is 0 Å². The van der Waals surface area contributed by atoms with E-state index in [1.165, 1.54) is 17.8 Å². The average Bonchev–Trinajstić information content (AvgIpc) is 2.62. The fraction of sp³-hybridized carbons (Fsp3) is 0.263. The van der Waals surface area contributed by atoms with Crippen molar-refractivity contribution in [2.45, 2.75) is 24.7 Å². The molecular formula is C19H21FN2O2S. The molecule has 0 saturated heterocycles. The van der Waals surface area contributed by atoms with Gasteiger partial charge in [0.15, 0.2) is 0 Å². The topological polar surface area (TPSA) is 58.2 Å². The molecule has 0 aliphatic heterocycles. The molecule has 0 aliphatic carbocycles. The molecule has 0 saturated carbocycles. The summed E-state index contributed by atoms with van der Waals surface area (Å²) in [5.74, 6) is -0.249. The second-order valence-corrected chi connectivity index (χ2v) is 6.52. The molecule has 0 aliphatic rings. The SMILES string of the molecule is CCCNC(=O)c1ccccc1NC(=O)CCSc1ccccc1F. The minimum atomic E-state index is -0.286. The van der Waals surface area contributed by atoms with E-state index in [1.54, 1.807) is 42.5 Å². The normalized spacial score (nSPS) is 10.3. The van der Waals surface area contributed by atoms with E-state index in [0.717, 1.165) is 6.42 Å². The molecule has 0 unspecified atom stereocenters. The summed E-state index contributed by atoms with van der Waals surface area (Å²) >= 11 is 1.29. The molecule has 2 rings (SSSR count). The summed E-state index contributed by atoms with van der Waals surface area (Å²) in [5, 5.41) is 5.56. The van der Waals surface area contributed by atoms with E-state index in [0.29, 0.717) is 28.4 Å². The number of benzene rings is 2. The second-order valence-electron chi connectivity index (χ2n) is 5.38. The van der Waals surface area contributed by atoms with Gasteiger partial charge < -0.3 is 10.6 Å². The highest BCUT2D eigenvalue weighted by Crippen LogP contribution is 2.22. The molecule has 2 N–H and O–H groups in total. The van der Waals surface area contributed by atoms with Gasteiger partial charge in [-0.25, -0.2) is 4.39 Å². The van der Waals surface area contributed by atoms with Crippen molar-refractivity contribution in [3.8, 4) is 0 Å². The Hall–Kier alpha value is -2.34. The largest absolute Gasteiger partial charge is 0.352 e. The van der Waals surface area contributed by atoms with Crippen LogP contribution in [-0.4, -0.2) is 24.1 Å². The predicted molar refractivity (Wildman–Crippen MR) is 99.4 cm³/mol. The first-order valence-corrected chi connectivity index (χ1v) is 9.14. The molecule has 0 atom stereocenters. The van der Waals surface area contributed by atoms with E-state index in [1.807, 2.05) is 6.92 Å². The van der Waals surface area contributed by atoms with Crippen LogP contribution in [0.15, 0.2) is 53.4 Å². The van der Waals surface area contributed by atoms with Gasteiger partial charge in [-0.3, -0.25) is 9.59 Å². The van der Waals surface area contributed by atoms with Crippen molar-refractivity contribution in [2.75, 3.05) is 17.6 Å². The third-order valence-corrected chi connectivity index (χ3v) is 4.46. The van der Waals surface area contributed by atoms with Gasteiger partial charge in [0.2, 0.25) is 5.91 Å². The number of hydrogen-bond acceptors (Lipinski definition) is 3. The van der Waals surface area contributed by atoms with Gasteiger partial charge in [-0.05, 0) is 30.7 Å². The van der Waals surface area contributed by atoms with Crippen LogP contribution in [0.1, 0.15) is 30.1 Å². The predicted octanol–water partition coefficient (Wildman–Crippen LogP) is 4.09. The summed E-state index contributed by atoms with van der Waals surface area (Å²) in [4.78, 5) is 24.8. The summed E-state index contributed by atoms with van der Waals surface area (Å²) in [5.41, 5.74) is 0.919. The zero-order valence-corrected chi connectivity index (χ0v) is 14.9. The molecule has 25 heavy (non-hydrogen) atoms. The van der Waals surface area contributed by atoms with Crippen LogP contribution in [0.5, 0.6) is 0 Å². The lowest BCUT2D eigenvalue weighted by Crippen LogP contribution is -2.25. The summed E-state index contributed by atoms with van der Waals surface area (Å²) in [6.07, 6.45) is 1.07. The molecule has 2 aromatic carbocycles. The molecule has 0 radical (unpaired) electrons. The average molecular weight is 360 g/mol. The first-order valence-electron chi connectivity index (χ1n) is 8.16. The quantitative estimate of drug-likeness (QED) is 0.697. The number of amides is 2. The lowest BCUT2D eigenvalue weighted by atomic mass is 10.1. The minimum absolute atomic E-state index is 0.209. The molecular weight excluding hydrogens is 339 g/mol. The van der Waals surface area contributed by atoms with Gasteiger partial charge in [0, 0.05) is 23.6 Å².